The van der Waals surface area contributed by atoms with Crippen LogP contribution in [0.3, 0.4) is 0 Å². The van der Waals surface area contributed by atoms with Gasteiger partial charge in [0.15, 0.2) is 0 Å². The summed E-state index contributed by atoms with van der Waals surface area (Å²) >= 11 is 0. The van der Waals surface area contributed by atoms with E-state index in [2.05, 4.69) is 0 Å². The number of ether oxygens (including phenoxy) is 2. The Hall–Kier alpha value is -0.810. The lowest BCUT2D eigenvalue weighted by molar-refractivity contribution is -0.293. The third kappa shape index (κ3) is 3.20. The molecule has 7 N–H and O–H groups in total. The number of aliphatic carboxylic acids is 1. The van der Waals surface area contributed by atoms with Gasteiger partial charge >= 0.3 is 5.97 Å². The van der Waals surface area contributed by atoms with Crippen LogP contribution in [0.5, 0.6) is 0 Å². The van der Waals surface area contributed by atoms with Crippen LogP contribution in [0.1, 0.15) is 6.42 Å². The second-order valence-corrected chi connectivity index (χ2v) is 4.47. The number of carbonyl (C=O) groups is 1. The van der Waals surface area contributed by atoms with Gasteiger partial charge in [0, 0.05) is 13.5 Å². The summed E-state index contributed by atoms with van der Waals surface area (Å²) in [5.74, 6) is -4.34. The molecule has 0 aromatic rings. The third-order valence-electron chi connectivity index (χ3n) is 3.17. The molecule has 0 radical (unpaired) electrons. The Bertz CT molecular complexity index is 323. The summed E-state index contributed by atoms with van der Waals surface area (Å²) in [5.41, 5.74) is 5.62. The zero-order valence-electron chi connectivity index (χ0n) is 10.3. The van der Waals surface area contributed by atoms with Crippen molar-refractivity contribution in [2.45, 2.75) is 42.7 Å². The predicted molar refractivity (Wildman–Crippen MR) is 59.9 cm³/mol. The van der Waals surface area contributed by atoms with Crippen molar-refractivity contribution < 1.29 is 39.8 Å². The van der Waals surface area contributed by atoms with Crippen molar-refractivity contribution in [2.24, 2.45) is 5.73 Å². The van der Waals surface area contributed by atoms with Crippen LogP contribution >= 0.6 is 0 Å². The molecule has 0 bridgehead atoms. The van der Waals surface area contributed by atoms with E-state index >= 15 is 0 Å². The summed E-state index contributed by atoms with van der Waals surface area (Å²) in [5, 5.41) is 47.2. The van der Waals surface area contributed by atoms with E-state index in [1.54, 1.807) is 0 Å². The van der Waals surface area contributed by atoms with Crippen molar-refractivity contribution in [3.63, 3.8) is 0 Å². The number of aliphatic hydroxyl groups excluding tert-OH is 3. The van der Waals surface area contributed by atoms with Gasteiger partial charge in [-0.1, -0.05) is 0 Å². The molecule has 0 aromatic heterocycles. The summed E-state index contributed by atoms with van der Waals surface area (Å²) < 4.78 is 9.67. The van der Waals surface area contributed by atoms with Gasteiger partial charge in [0.2, 0.25) is 0 Å². The van der Waals surface area contributed by atoms with Crippen molar-refractivity contribution >= 4 is 5.97 Å². The monoisotopic (exact) mass is 281 g/mol. The van der Waals surface area contributed by atoms with Crippen LogP contribution in [-0.4, -0.2) is 81.5 Å². The number of carboxylic acids is 1. The molecule has 112 valence electrons. The van der Waals surface area contributed by atoms with E-state index < -0.39 is 55.2 Å². The van der Waals surface area contributed by atoms with Gasteiger partial charge < -0.3 is 40.7 Å². The standard InChI is InChI=1S/C10H19NO8/c1-18-5(3-12)7(14)8-6(11)4(13)2-10(17,19-8)9(15)16/h4-8,12-14,17H,2-3,11H2,1H3,(H,15,16)/t4-,5+,6+,7+,8+,10?/m0/s1. The van der Waals surface area contributed by atoms with Gasteiger partial charge in [-0.15, -0.1) is 0 Å². The fourth-order valence-electron chi connectivity index (χ4n) is 1.96. The average Bonchev–Trinajstić information content (AvgIpc) is 2.35. The molecule has 1 saturated heterocycles. The predicted octanol–water partition coefficient (Wildman–Crippen LogP) is -3.40. The van der Waals surface area contributed by atoms with Crippen LogP contribution in [0.2, 0.25) is 0 Å². The highest BCUT2D eigenvalue weighted by molar-refractivity contribution is 5.75. The molecule has 1 heterocycles. The fraction of sp³-hybridized carbons (Fsp3) is 0.900. The molecule has 1 aliphatic heterocycles. The topological polar surface area (TPSA) is 163 Å². The van der Waals surface area contributed by atoms with Crippen LogP contribution in [0.25, 0.3) is 0 Å². The lowest BCUT2D eigenvalue weighted by Crippen LogP contribution is -2.65. The van der Waals surface area contributed by atoms with Gasteiger partial charge in [-0.05, 0) is 0 Å². The van der Waals surface area contributed by atoms with Crippen LogP contribution in [0.4, 0.5) is 0 Å². The molecule has 19 heavy (non-hydrogen) atoms. The SMILES string of the molecule is CO[C@H](CO)[C@@H](O)[C@@H]1OC(O)(C(=O)O)C[C@H](O)[C@H]1N. The van der Waals surface area contributed by atoms with Crippen LogP contribution in [-0.2, 0) is 14.3 Å². The van der Waals surface area contributed by atoms with Crippen LogP contribution < -0.4 is 5.73 Å². The van der Waals surface area contributed by atoms with Crippen molar-refractivity contribution in [3.05, 3.63) is 0 Å². The quantitative estimate of drug-likeness (QED) is 0.301. The summed E-state index contributed by atoms with van der Waals surface area (Å²) in [4.78, 5) is 10.9. The average molecular weight is 281 g/mol. The molecule has 0 spiro atoms. The minimum absolute atomic E-state index is 0.564. The Morgan fingerprint density at radius 1 is 1.63 bits per heavy atom. The maximum atomic E-state index is 10.9. The van der Waals surface area contributed by atoms with E-state index in [-0.39, 0.29) is 0 Å². The molecule has 1 aliphatic rings. The lowest BCUT2D eigenvalue weighted by Gasteiger charge is -2.43. The highest BCUT2D eigenvalue weighted by Gasteiger charge is 2.52. The molecule has 1 unspecified atom stereocenters. The molecule has 1 fully saturated rings. The summed E-state index contributed by atoms with van der Waals surface area (Å²) in [6.07, 6.45) is -6.00. The van der Waals surface area contributed by atoms with E-state index in [0.29, 0.717) is 0 Å². The Morgan fingerprint density at radius 2 is 2.21 bits per heavy atom. The number of methoxy groups -OCH3 is 1. The van der Waals surface area contributed by atoms with Gasteiger partial charge in [0.25, 0.3) is 5.79 Å². The number of hydrogen-bond donors (Lipinski definition) is 6. The first-order chi connectivity index (χ1) is 8.76. The molecule has 0 aromatic carbocycles. The lowest BCUT2D eigenvalue weighted by atomic mass is 9.89. The first-order valence-electron chi connectivity index (χ1n) is 5.65. The van der Waals surface area contributed by atoms with E-state index in [4.69, 9.17) is 25.4 Å². The number of aliphatic hydroxyl groups is 4. The van der Waals surface area contributed by atoms with E-state index in [9.17, 15) is 20.1 Å². The smallest absolute Gasteiger partial charge is 0.364 e. The van der Waals surface area contributed by atoms with Crippen molar-refractivity contribution in [2.75, 3.05) is 13.7 Å². The summed E-state index contributed by atoms with van der Waals surface area (Å²) in [7, 11) is 1.22. The largest absolute Gasteiger partial charge is 0.477 e. The van der Waals surface area contributed by atoms with Crippen LogP contribution in [0, 0.1) is 0 Å². The number of hydrogen-bond acceptors (Lipinski definition) is 8. The molecule has 6 atom stereocenters. The zero-order chi connectivity index (χ0) is 14.8. The fourth-order valence-corrected chi connectivity index (χ4v) is 1.96. The van der Waals surface area contributed by atoms with E-state index in [0.717, 1.165) is 0 Å². The number of carboxylic acid groups (broad SMARTS) is 1. The normalized spacial score (nSPS) is 38.7. The number of rotatable bonds is 5. The molecule has 0 saturated carbocycles. The van der Waals surface area contributed by atoms with Crippen molar-refractivity contribution in [3.8, 4) is 0 Å². The van der Waals surface area contributed by atoms with Crippen molar-refractivity contribution in [1.29, 1.82) is 0 Å². The summed E-state index contributed by atoms with van der Waals surface area (Å²) in [6, 6.07) is -1.13. The second-order valence-electron chi connectivity index (χ2n) is 4.47. The molecule has 0 aliphatic carbocycles. The number of nitrogens with two attached hydrogens (primary N) is 1. The Balaban J connectivity index is 2.94. The third-order valence-corrected chi connectivity index (χ3v) is 3.17. The molecule has 9 nitrogen and oxygen atoms in total. The van der Waals surface area contributed by atoms with Gasteiger partial charge in [-0.3, -0.25) is 0 Å². The zero-order valence-corrected chi connectivity index (χ0v) is 10.3. The van der Waals surface area contributed by atoms with Gasteiger partial charge in [-0.2, -0.15) is 0 Å². The molecule has 9 heteroatoms. The van der Waals surface area contributed by atoms with Gasteiger partial charge in [0.05, 0.1) is 18.8 Å². The van der Waals surface area contributed by atoms with E-state index in [1.165, 1.54) is 7.11 Å². The van der Waals surface area contributed by atoms with E-state index in [1.807, 2.05) is 0 Å². The molecular weight excluding hydrogens is 262 g/mol. The summed E-state index contributed by atoms with van der Waals surface area (Å²) in [6.45, 7) is -0.564. The van der Waals surface area contributed by atoms with Gasteiger partial charge in [0.1, 0.15) is 18.3 Å². The highest BCUT2D eigenvalue weighted by atomic mass is 16.7. The Morgan fingerprint density at radius 3 is 2.63 bits per heavy atom. The van der Waals surface area contributed by atoms with Gasteiger partial charge in [-0.25, -0.2) is 4.79 Å². The highest BCUT2D eigenvalue weighted by Crippen LogP contribution is 2.29. The molecular formula is C10H19NO8. The molecule has 1 rings (SSSR count). The first-order valence-corrected chi connectivity index (χ1v) is 5.65. The maximum Gasteiger partial charge on any atom is 0.364 e. The first kappa shape index (κ1) is 16.2. The van der Waals surface area contributed by atoms with Crippen LogP contribution in [0.15, 0.2) is 0 Å². The second kappa shape index (κ2) is 6.09. The minimum Gasteiger partial charge on any atom is -0.477 e. The minimum atomic E-state index is -2.64. The van der Waals surface area contributed by atoms with Crippen molar-refractivity contribution in [1.82, 2.24) is 0 Å². The Kier molecular flexibility index (Phi) is 5.21. The Labute approximate surface area is 109 Å². The molecule has 0 amide bonds. The maximum absolute atomic E-state index is 10.9.